The first-order chi connectivity index (χ1) is 7.11. The topological polar surface area (TPSA) is 29.1 Å². The maximum Gasteiger partial charge on any atom is 0.224 e. The molecule has 0 bridgehead atoms. The molecule has 0 aliphatic heterocycles. The standard InChI is InChI=1S/C12H16ClNO/c1-3-9(2)14-12(15)8-10-4-6-11(13)7-5-10/h4-7,9H,3,8H2,1-2H3,(H,14,15)/t9-/m0/s1. The number of halogens is 1. The molecule has 0 unspecified atom stereocenters. The van der Waals surface area contributed by atoms with Crippen LogP contribution in [0, 0.1) is 0 Å². The highest BCUT2D eigenvalue weighted by molar-refractivity contribution is 6.30. The van der Waals surface area contributed by atoms with Crippen LogP contribution in [0.2, 0.25) is 5.02 Å². The second-order valence-corrected chi connectivity index (χ2v) is 4.12. The highest BCUT2D eigenvalue weighted by Crippen LogP contribution is 2.09. The number of hydrogen-bond donors (Lipinski definition) is 1. The molecule has 1 rings (SSSR count). The lowest BCUT2D eigenvalue weighted by Crippen LogP contribution is -2.33. The van der Waals surface area contributed by atoms with Crippen LogP contribution in [0.1, 0.15) is 25.8 Å². The van der Waals surface area contributed by atoms with Gasteiger partial charge in [0.25, 0.3) is 0 Å². The summed E-state index contributed by atoms with van der Waals surface area (Å²) in [6, 6.07) is 7.59. The molecule has 82 valence electrons. The van der Waals surface area contributed by atoms with E-state index in [0.717, 1.165) is 12.0 Å². The zero-order valence-electron chi connectivity index (χ0n) is 9.09. The largest absolute Gasteiger partial charge is 0.353 e. The van der Waals surface area contributed by atoms with Crippen LogP contribution in [0.5, 0.6) is 0 Å². The van der Waals surface area contributed by atoms with Crippen molar-refractivity contribution in [1.29, 1.82) is 0 Å². The van der Waals surface area contributed by atoms with E-state index in [0.29, 0.717) is 11.4 Å². The summed E-state index contributed by atoms with van der Waals surface area (Å²) >= 11 is 5.75. The third-order valence-electron chi connectivity index (χ3n) is 2.30. The first-order valence-electron chi connectivity index (χ1n) is 5.15. The smallest absolute Gasteiger partial charge is 0.224 e. The summed E-state index contributed by atoms with van der Waals surface area (Å²) in [5.74, 6) is 0.0617. The van der Waals surface area contributed by atoms with Gasteiger partial charge in [0.1, 0.15) is 0 Å². The van der Waals surface area contributed by atoms with Gasteiger partial charge in [0.05, 0.1) is 6.42 Å². The number of amides is 1. The molecule has 0 radical (unpaired) electrons. The van der Waals surface area contributed by atoms with Crippen molar-refractivity contribution >= 4 is 17.5 Å². The molecule has 3 heteroatoms. The minimum Gasteiger partial charge on any atom is -0.353 e. The van der Waals surface area contributed by atoms with E-state index in [1.54, 1.807) is 12.1 Å². The van der Waals surface area contributed by atoms with Gasteiger partial charge in [-0.2, -0.15) is 0 Å². The van der Waals surface area contributed by atoms with Gasteiger partial charge in [0.2, 0.25) is 5.91 Å². The Bertz CT molecular complexity index is 321. The number of carbonyl (C=O) groups is 1. The molecule has 0 spiro atoms. The molecule has 1 atom stereocenters. The van der Waals surface area contributed by atoms with Gasteiger partial charge in [-0.05, 0) is 31.0 Å². The number of carbonyl (C=O) groups excluding carboxylic acids is 1. The normalized spacial score (nSPS) is 12.2. The monoisotopic (exact) mass is 225 g/mol. The fourth-order valence-electron chi connectivity index (χ4n) is 1.22. The number of rotatable bonds is 4. The molecule has 0 aliphatic carbocycles. The summed E-state index contributed by atoms with van der Waals surface area (Å²) in [5.41, 5.74) is 0.986. The van der Waals surface area contributed by atoms with Crippen LogP contribution >= 0.6 is 11.6 Å². The molecule has 15 heavy (non-hydrogen) atoms. The van der Waals surface area contributed by atoms with Gasteiger partial charge in [0.15, 0.2) is 0 Å². The molecular formula is C12H16ClNO. The summed E-state index contributed by atoms with van der Waals surface area (Å²) < 4.78 is 0. The second kappa shape index (κ2) is 5.76. The molecule has 0 heterocycles. The molecule has 1 aromatic rings. The van der Waals surface area contributed by atoms with Crippen LogP contribution in [0.15, 0.2) is 24.3 Å². The van der Waals surface area contributed by atoms with Crippen molar-refractivity contribution < 1.29 is 4.79 Å². The molecule has 0 aromatic heterocycles. The van der Waals surface area contributed by atoms with Crippen molar-refractivity contribution in [3.63, 3.8) is 0 Å². The quantitative estimate of drug-likeness (QED) is 0.839. The third-order valence-corrected chi connectivity index (χ3v) is 2.55. The number of hydrogen-bond acceptors (Lipinski definition) is 1. The van der Waals surface area contributed by atoms with Crippen LogP contribution in [0.25, 0.3) is 0 Å². The predicted molar refractivity (Wildman–Crippen MR) is 63.1 cm³/mol. The number of nitrogens with one attached hydrogen (secondary N) is 1. The Morgan fingerprint density at radius 1 is 1.40 bits per heavy atom. The Hall–Kier alpha value is -1.02. The Morgan fingerprint density at radius 2 is 2.00 bits per heavy atom. The van der Waals surface area contributed by atoms with Crippen molar-refractivity contribution in [3.8, 4) is 0 Å². The Labute approximate surface area is 95.6 Å². The average molecular weight is 226 g/mol. The van der Waals surface area contributed by atoms with Crippen LogP contribution in [-0.4, -0.2) is 11.9 Å². The highest BCUT2D eigenvalue weighted by atomic mass is 35.5. The van der Waals surface area contributed by atoms with E-state index in [1.165, 1.54) is 0 Å². The SMILES string of the molecule is CC[C@H](C)NC(=O)Cc1ccc(Cl)cc1. The molecule has 0 saturated carbocycles. The van der Waals surface area contributed by atoms with Crippen LogP contribution < -0.4 is 5.32 Å². The van der Waals surface area contributed by atoms with E-state index in [1.807, 2.05) is 26.0 Å². The molecule has 1 amide bonds. The summed E-state index contributed by atoms with van der Waals surface area (Å²) in [7, 11) is 0. The van der Waals surface area contributed by atoms with Crippen molar-refractivity contribution in [3.05, 3.63) is 34.9 Å². The Kier molecular flexibility index (Phi) is 4.63. The molecule has 0 aliphatic rings. The summed E-state index contributed by atoms with van der Waals surface area (Å²) in [6.07, 6.45) is 1.37. The predicted octanol–water partition coefficient (Wildman–Crippen LogP) is 2.80. The summed E-state index contributed by atoms with van der Waals surface area (Å²) in [5, 5.41) is 3.62. The molecule has 2 nitrogen and oxygen atoms in total. The van der Waals surface area contributed by atoms with E-state index in [-0.39, 0.29) is 11.9 Å². The lowest BCUT2D eigenvalue weighted by atomic mass is 10.1. The summed E-state index contributed by atoms with van der Waals surface area (Å²) in [6.45, 7) is 4.05. The van der Waals surface area contributed by atoms with E-state index < -0.39 is 0 Å². The zero-order valence-corrected chi connectivity index (χ0v) is 9.84. The molecule has 0 fully saturated rings. The first kappa shape index (κ1) is 12.1. The van der Waals surface area contributed by atoms with Gasteiger partial charge in [-0.15, -0.1) is 0 Å². The minimum absolute atomic E-state index is 0.0617. The van der Waals surface area contributed by atoms with Crippen molar-refractivity contribution in [1.82, 2.24) is 5.32 Å². The Morgan fingerprint density at radius 3 is 2.53 bits per heavy atom. The third kappa shape index (κ3) is 4.34. The van der Waals surface area contributed by atoms with Crippen molar-refractivity contribution in [2.75, 3.05) is 0 Å². The molecule has 1 N–H and O–H groups in total. The van der Waals surface area contributed by atoms with Gasteiger partial charge < -0.3 is 5.32 Å². The van der Waals surface area contributed by atoms with E-state index in [2.05, 4.69) is 5.32 Å². The number of benzene rings is 1. The van der Waals surface area contributed by atoms with Crippen molar-refractivity contribution in [2.45, 2.75) is 32.7 Å². The summed E-state index contributed by atoms with van der Waals surface area (Å²) in [4.78, 5) is 11.5. The zero-order chi connectivity index (χ0) is 11.3. The van der Waals surface area contributed by atoms with Crippen LogP contribution in [0.3, 0.4) is 0 Å². The van der Waals surface area contributed by atoms with Gasteiger partial charge in [-0.25, -0.2) is 0 Å². The highest BCUT2D eigenvalue weighted by Gasteiger charge is 2.05. The van der Waals surface area contributed by atoms with Crippen LogP contribution in [0.4, 0.5) is 0 Å². The molecule has 1 aromatic carbocycles. The van der Waals surface area contributed by atoms with Gasteiger partial charge >= 0.3 is 0 Å². The Balaban J connectivity index is 2.48. The fraction of sp³-hybridized carbons (Fsp3) is 0.417. The van der Waals surface area contributed by atoms with E-state index >= 15 is 0 Å². The van der Waals surface area contributed by atoms with Gasteiger partial charge in [-0.1, -0.05) is 30.7 Å². The molecule has 0 saturated heterocycles. The maximum atomic E-state index is 11.5. The maximum absolute atomic E-state index is 11.5. The first-order valence-corrected chi connectivity index (χ1v) is 5.53. The average Bonchev–Trinajstić information content (AvgIpc) is 2.21. The van der Waals surface area contributed by atoms with Crippen LogP contribution in [-0.2, 0) is 11.2 Å². The fourth-order valence-corrected chi connectivity index (χ4v) is 1.34. The lowest BCUT2D eigenvalue weighted by molar-refractivity contribution is -0.121. The van der Waals surface area contributed by atoms with E-state index in [9.17, 15) is 4.79 Å². The van der Waals surface area contributed by atoms with Gasteiger partial charge in [-0.3, -0.25) is 4.79 Å². The minimum atomic E-state index is 0.0617. The lowest BCUT2D eigenvalue weighted by Gasteiger charge is -2.11. The molecular weight excluding hydrogens is 210 g/mol. The van der Waals surface area contributed by atoms with Crippen molar-refractivity contribution in [2.24, 2.45) is 0 Å². The van der Waals surface area contributed by atoms with E-state index in [4.69, 9.17) is 11.6 Å². The second-order valence-electron chi connectivity index (χ2n) is 3.68. The van der Waals surface area contributed by atoms with Gasteiger partial charge in [0, 0.05) is 11.1 Å².